The van der Waals surface area contributed by atoms with E-state index in [9.17, 15) is 4.79 Å². The molecule has 18 heavy (non-hydrogen) atoms. The van der Waals surface area contributed by atoms with Crippen LogP contribution in [0.2, 0.25) is 0 Å². The lowest BCUT2D eigenvalue weighted by molar-refractivity contribution is -0.133. The Kier molecular flexibility index (Phi) is 4.50. The number of hydrogen-bond donors (Lipinski definition) is 2. The van der Waals surface area contributed by atoms with E-state index in [-0.39, 0.29) is 5.75 Å². The highest BCUT2D eigenvalue weighted by Gasteiger charge is 2.07. The summed E-state index contributed by atoms with van der Waals surface area (Å²) >= 11 is 4.15. The molecule has 2 rings (SSSR count). The van der Waals surface area contributed by atoms with Crippen LogP contribution < -0.4 is 5.32 Å². The number of thiazole rings is 1. The minimum atomic E-state index is -0.857. The molecule has 0 unspecified atom stereocenters. The molecule has 0 fully saturated rings. The van der Waals surface area contributed by atoms with Crippen LogP contribution in [0.15, 0.2) is 10.5 Å². The van der Waals surface area contributed by atoms with Crippen LogP contribution in [-0.4, -0.2) is 32.0 Å². The molecule has 0 aliphatic carbocycles. The molecule has 0 saturated heterocycles. The molecule has 0 spiro atoms. The van der Waals surface area contributed by atoms with Gasteiger partial charge in [-0.25, -0.2) is 4.98 Å². The van der Waals surface area contributed by atoms with Gasteiger partial charge in [-0.3, -0.25) is 4.79 Å². The van der Waals surface area contributed by atoms with E-state index < -0.39 is 5.97 Å². The van der Waals surface area contributed by atoms with E-state index in [1.54, 1.807) is 11.3 Å². The lowest BCUT2D eigenvalue weighted by Crippen LogP contribution is -1.96. The Labute approximate surface area is 115 Å². The van der Waals surface area contributed by atoms with Crippen LogP contribution >= 0.6 is 34.4 Å². The summed E-state index contributed by atoms with van der Waals surface area (Å²) in [6, 6.07) is 0. The first-order chi connectivity index (χ1) is 8.63. The summed E-state index contributed by atoms with van der Waals surface area (Å²) in [4.78, 5) is 15.7. The molecule has 0 aromatic carbocycles. The zero-order valence-electron chi connectivity index (χ0n) is 9.41. The van der Waals surface area contributed by atoms with Gasteiger partial charge in [-0.15, -0.1) is 21.5 Å². The van der Waals surface area contributed by atoms with Crippen LogP contribution in [0.5, 0.6) is 0 Å². The Morgan fingerprint density at radius 2 is 2.33 bits per heavy atom. The number of aromatic nitrogens is 3. The molecule has 96 valence electrons. The quantitative estimate of drug-likeness (QED) is 0.790. The van der Waals surface area contributed by atoms with E-state index >= 15 is 0 Å². The molecule has 0 aliphatic heterocycles. The van der Waals surface area contributed by atoms with Gasteiger partial charge in [-0.1, -0.05) is 23.1 Å². The summed E-state index contributed by atoms with van der Waals surface area (Å²) in [5, 5.41) is 21.2. The van der Waals surface area contributed by atoms with Gasteiger partial charge in [0.15, 0.2) is 4.34 Å². The third-order valence-corrected chi connectivity index (χ3v) is 4.72. The largest absolute Gasteiger partial charge is 0.481 e. The van der Waals surface area contributed by atoms with Crippen molar-refractivity contribution in [1.82, 2.24) is 15.2 Å². The Hall–Kier alpha value is -1.19. The molecule has 0 atom stereocenters. The number of carboxylic acid groups (broad SMARTS) is 1. The number of hydrogen-bond acceptors (Lipinski definition) is 8. The number of carbonyl (C=O) groups is 1. The van der Waals surface area contributed by atoms with Crippen molar-refractivity contribution in [2.24, 2.45) is 0 Å². The highest BCUT2D eigenvalue weighted by Crippen LogP contribution is 2.25. The van der Waals surface area contributed by atoms with E-state index in [4.69, 9.17) is 5.11 Å². The molecule has 9 heteroatoms. The van der Waals surface area contributed by atoms with Crippen LogP contribution in [0.3, 0.4) is 0 Å². The van der Waals surface area contributed by atoms with Gasteiger partial charge in [0.2, 0.25) is 5.13 Å². The summed E-state index contributed by atoms with van der Waals surface area (Å²) in [7, 11) is 0. The second kappa shape index (κ2) is 6.12. The molecule has 0 aliphatic rings. The topological polar surface area (TPSA) is 88.0 Å². The third kappa shape index (κ3) is 3.93. The first-order valence-electron chi connectivity index (χ1n) is 4.97. The number of thioether (sulfide) groups is 1. The van der Waals surface area contributed by atoms with Gasteiger partial charge in [-0.2, -0.15) is 0 Å². The normalized spacial score (nSPS) is 10.5. The van der Waals surface area contributed by atoms with Gasteiger partial charge >= 0.3 is 5.97 Å². The SMILES string of the molecule is Cc1ncc(CNc2nnc(SCC(=O)O)s2)s1. The molecular weight excluding hydrogens is 292 g/mol. The highest BCUT2D eigenvalue weighted by atomic mass is 32.2. The highest BCUT2D eigenvalue weighted by molar-refractivity contribution is 8.01. The minimum Gasteiger partial charge on any atom is -0.481 e. The maximum atomic E-state index is 10.4. The first kappa shape index (κ1) is 13.2. The first-order valence-corrected chi connectivity index (χ1v) is 7.58. The van der Waals surface area contributed by atoms with Crippen LogP contribution in [0.1, 0.15) is 9.88 Å². The molecule has 2 aromatic rings. The predicted molar refractivity (Wildman–Crippen MR) is 72.4 cm³/mol. The summed E-state index contributed by atoms with van der Waals surface area (Å²) < 4.78 is 0.653. The fourth-order valence-electron chi connectivity index (χ4n) is 1.11. The second-order valence-corrected chi connectivity index (χ2v) is 6.77. The standard InChI is InChI=1S/C9H10N4O2S3/c1-5-10-2-6(17-5)3-11-8-12-13-9(18-8)16-4-7(14)15/h2H,3-4H2,1H3,(H,11,12)(H,14,15). The van der Waals surface area contributed by atoms with Gasteiger partial charge in [0, 0.05) is 11.1 Å². The summed E-state index contributed by atoms with van der Waals surface area (Å²) in [6.45, 7) is 2.61. The number of aliphatic carboxylic acids is 1. The summed E-state index contributed by atoms with van der Waals surface area (Å²) in [5.41, 5.74) is 0. The van der Waals surface area contributed by atoms with Gasteiger partial charge in [0.25, 0.3) is 0 Å². The molecule has 0 amide bonds. The average Bonchev–Trinajstić information content (AvgIpc) is 2.93. The smallest absolute Gasteiger partial charge is 0.313 e. The molecule has 0 bridgehead atoms. The van der Waals surface area contributed by atoms with Crippen LogP contribution in [0, 0.1) is 6.92 Å². The Morgan fingerprint density at radius 1 is 1.50 bits per heavy atom. The minimum absolute atomic E-state index is 0.00265. The number of anilines is 1. The maximum absolute atomic E-state index is 10.4. The van der Waals surface area contributed by atoms with Crippen molar-refractivity contribution in [1.29, 1.82) is 0 Å². The van der Waals surface area contributed by atoms with E-state index in [1.165, 1.54) is 23.1 Å². The zero-order chi connectivity index (χ0) is 13.0. The van der Waals surface area contributed by atoms with Crippen molar-refractivity contribution in [2.45, 2.75) is 17.8 Å². The number of rotatable bonds is 6. The lowest BCUT2D eigenvalue weighted by atomic mass is 10.5. The zero-order valence-corrected chi connectivity index (χ0v) is 11.9. The molecule has 2 aromatic heterocycles. The number of nitrogens with one attached hydrogen (secondary N) is 1. The second-order valence-electron chi connectivity index (χ2n) is 3.25. The number of nitrogens with zero attached hydrogens (tertiary/aromatic N) is 3. The van der Waals surface area contributed by atoms with E-state index in [2.05, 4.69) is 20.5 Å². The molecule has 0 radical (unpaired) electrons. The lowest BCUT2D eigenvalue weighted by Gasteiger charge is -1.96. The van der Waals surface area contributed by atoms with Crippen molar-refractivity contribution < 1.29 is 9.90 Å². The van der Waals surface area contributed by atoms with Crippen molar-refractivity contribution in [3.63, 3.8) is 0 Å². The number of aryl methyl sites for hydroxylation is 1. The van der Waals surface area contributed by atoms with Gasteiger partial charge in [-0.05, 0) is 6.92 Å². The van der Waals surface area contributed by atoms with Crippen LogP contribution in [0.4, 0.5) is 5.13 Å². The monoisotopic (exact) mass is 302 g/mol. The Balaban J connectivity index is 1.84. The average molecular weight is 302 g/mol. The van der Waals surface area contributed by atoms with E-state index in [0.29, 0.717) is 16.0 Å². The molecule has 0 saturated carbocycles. The molecule has 2 heterocycles. The Morgan fingerprint density at radius 3 is 3.00 bits per heavy atom. The van der Waals surface area contributed by atoms with Gasteiger partial charge in [0.1, 0.15) is 0 Å². The van der Waals surface area contributed by atoms with Crippen molar-refractivity contribution >= 4 is 45.5 Å². The van der Waals surface area contributed by atoms with Crippen molar-refractivity contribution in [3.8, 4) is 0 Å². The van der Waals surface area contributed by atoms with Gasteiger partial charge in [0.05, 0.1) is 17.3 Å². The summed E-state index contributed by atoms with van der Waals surface area (Å²) in [6.07, 6.45) is 1.83. The fraction of sp³-hybridized carbons (Fsp3) is 0.333. The number of carboxylic acids is 1. The third-order valence-electron chi connectivity index (χ3n) is 1.81. The van der Waals surface area contributed by atoms with Crippen LogP contribution in [-0.2, 0) is 11.3 Å². The molecular formula is C9H10N4O2S3. The summed E-state index contributed by atoms with van der Waals surface area (Å²) in [5.74, 6) is -0.854. The van der Waals surface area contributed by atoms with Gasteiger partial charge < -0.3 is 10.4 Å². The molecule has 2 N–H and O–H groups in total. The maximum Gasteiger partial charge on any atom is 0.313 e. The Bertz CT molecular complexity index is 539. The van der Waals surface area contributed by atoms with E-state index in [0.717, 1.165) is 9.88 Å². The predicted octanol–water partition coefficient (Wildman–Crippen LogP) is 2.09. The van der Waals surface area contributed by atoms with Crippen LogP contribution in [0.25, 0.3) is 0 Å². The molecule has 6 nitrogen and oxygen atoms in total. The van der Waals surface area contributed by atoms with Crippen molar-refractivity contribution in [2.75, 3.05) is 11.1 Å². The van der Waals surface area contributed by atoms with Crippen molar-refractivity contribution in [3.05, 3.63) is 16.1 Å². The van der Waals surface area contributed by atoms with E-state index in [1.807, 2.05) is 13.1 Å². The fourth-order valence-corrected chi connectivity index (χ4v) is 3.32.